The summed E-state index contributed by atoms with van der Waals surface area (Å²) in [6.07, 6.45) is -2.98. The Labute approximate surface area is 139 Å². The number of nitrogens with zero attached hydrogens (tertiary/aromatic N) is 3. The minimum absolute atomic E-state index is 0.0256. The van der Waals surface area contributed by atoms with Crippen molar-refractivity contribution in [2.24, 2.45) is 0 Å². The Morgan fingerprint density at radius 2 is 1.80 bits per heavy atom. The first kappa shape index (κ1) is 16.7. The Bertz CT molecular complexity index is 875. The van der Waals surface area contributed by atoms with Crippen LogP contribution in [0.15, 0.2) is 48.8 Å². The summed E-state index contributed by atoms with van der Waals surface area (Å²) >= 11 is 0. The molecule has 0 radical (unpaired) electrons. The van der Waals surface area contributed by atoms with Crippen LogP contribution in [-0.4, -0.2) is 27.5 Å². The van der Waals surface area contributed by atoms with Crippen LogP contribution in [0.5, 0.6) is 5.75 Å². The zero-order chi connectivity index (χ0) is 18.0. The van der Waals surface area contributed by atoms with E-state index in [9.17, 15) is 17.6 Å². The van der Waals surface area contributed by atoms with Gasteiger partial charge in [0.15, 0.2) is 12.4 Å². The van der Waals surface area contributed by atoms with Gasteiger partial charge in [0.05, 0.1) is 11.4 Å². The third-order valence-electron chi connectivity index (χ3n) is 3.25. The lowest BCUT2D eigenvalue weighted by atomic mass is 10.2. The number of aromatic nitrogens is 3. The van der Waals surface area contributed by atoms with Crippen LogP contribution in [0.1, 0.15) is 0 Å². The van der Waals surface area contributed by atoms with Crippen molar-refractivity contribution in [1.82, 2.24) is 14.8 Å². The molecule has 0 aliphatic carbocycles. The Hall–Kier alpha value is -3.10. The molecule has 0 aliphatic heterocycles. The summed E-state index contributed by atoms with van der Waals surface area (Å²) in [6.45, 7) is -1.36. The zero-order valence-corrected chi connectivity index (χ0v) is 12.7. The minimum Gasteiger partial charge on any atom is -0.484 e. The summed E-state index contributed by atoms with van der Waals surface area (Å²) in [7, 11) is 0. The van der Waals surface area contributed by atoms with E-state index in [1.165, 1.54) is 47.4 Å². The van der Waals surface area contributed by atoms with Gasteiger partial charge in [-0.2, -0.15) is 13.2 Å². The molecule has 5 nitrogen and oxygen atoms in total. The summed E-state index contributed by atoms with van der Waals surface area (Å²) in [5.41, 5.74) is 6.47. The maximum atomic E-state index is 13.5. The molecule has 0 fully saturated rings. The molecule has 2 aromatic carbocycles. The molecule has 0 aliphatic rings. The first-order chi connectivity index (χ1) is 11.8. The highest BCUT2D eigenvalue weighted by Crippen LogP contribution is 2.22. The molecule has 0 unspecified atom stereocenters. The van der Waals surface area contributed by atoms with Crippen LogP contribution in [0.4, 0.5) is 23.2 Å². The zero-order valence-electron chi connectivity index (χ0n) is 12.7. The van der Waals surface area contributed by atoms with Crippen molar-refractivity contribution in [3.8, 4) is 22.8 Å². The van der Waals surface area contributed by atoms with Crippen molar-refractivity contribution in [3.05, 3.63) is 54.6 Å². The highest BCUT2D eigenvalue weighted by Gasteiger charge is 2.28. The molecule has 3 aromatic rings. The van der Waals surface area contributed by atoms with E-state index in [1.807, 2.05) is 0 Å². The lowest BCUT2D eigenvalue weighted by Gasteiger charge is -2.09. The van der Waals surface area contributed by atoms with Crippen molar-refractivity contribution < 1.29 is 22.3 Å². The Morgan fingerprint density at radius 1 is 1.08 bits per heavy atom. The van der Waals surface area contributed by atoms with Gasteiger partial charge in [0.1, 0.15) is 17.9 Å². The number of halogens is 4. The standard InChI is InChI=1S/C16H12F4N4O/c17-13-7-10(1-6-14(13)21)15-22-9-24(23-15)11-2-4-12(5-3-11)25-8-16(18,19)20/h1-7,9H,8,21H2. The van der Waals surface area contributed by atoms with Crippen molar-refractivity contribution in [3.63, 3.8) is 0 Å². The molecule has 0 bridgehead atoms. The van der Waals surface area contributed by atoms with Gasteiger partial charge >= 0.3 is 6.18 Å². The molecule has 3 rings (SSSR count). The van der Waals surface area contributed by atoms with Gasteiger partial charge in [0, 0.05) is 5.56 Å². The largest absolute Gasteiger partial charge is 0.484 e. The third kappa shape index (κ3) is 4.06. The second-order valence-corrected chi connectivity index (χ2v) is 5.15. The Kier molecular flexibility index (Phi) is 4.30. The summed E-state index contributed by atoms with van der Waals surface area (Å²) < 4.78 is 55.9. The van der Waals surface area contributed by atoms with Crippen LogP contribution >= 0.6 is 0 Å². The Balaban J connectivity index is 1.77. The maximum Gasteiger partial charge on any atom is 0.422 e. The van der Waals surface area contributed by atoms with Gasteiger partial charge in [0.25, 0.3) is 0 Å². The lowest BCUT2D eigenvalue weighted by Crippen LogP contribution is -2.19. The smallest absolute Gasteiger partial charge is 0.422 e. The van der Waals surface area contributed by atoms with Crippen LogP contribution in [0.3, 0.4) is 0 Å². The average Bonchev–Trinajstić information content (AvgIpc) is 3.05. The molecular weight excluding hydrogens is 340 g/mol. The van der Waals surface area contributed by atoms with E-state index in [0.717, 1.165) is 0 Å². The van der Waals surface area contributed by atoms with Gasteiger partial charge in [-0.05, 0) is 42.5 Å². The van der Waals surface area contributed by atoms with Crippen molar-refractivity contribution in [2.75, 3.05) is 12.3 Å². The monoisotopic (exact) mass is 352 g/mol. The molecule has 130 valence electrons. The quantitative estimate of drug-likeness (QED) is 0.576. The van der Waals surface area contributed by atoms with Gasteiger partial charge in [-0.25, -0.2) is 14.1 Å². The van der Waals surface area contributed by atoms with E-state index in [4.69, 9.17) is 5.73 Å². The third-order valence-corrected chi connectivity index (χ3v) is 3.25. The second-order valence-electron chi connectivity index (χ2n) is 5.15. The summed E-state index contributed by atoms with van der Waals surface area (Å²) in [6, 6.07) is 10.1. The number of hydrogen-bond donors (Lipinski definition) is 1. The fourth-order valence-electron chi connectivity index (χ4n) is 2.05. The molecule has 25 heavy (non-hydrogen) atoms. The van der Waals surface area contributed by atoms with E-state index in [0.29, 0.717) is 11.3 Å². The van der Waals surface area contributed by atoms with Crippen LogP contribution in [0.2, 0.25) is 0 Å². The molecule has 2 N–H and O–H groups in total. The topological polar surface area (TPSA) is 66.0 Å². The van der Waals surface area contributed by atoms with Gasteiger partial charge in [-0.15, -0.1) is 5.10 Å². The van der Waals surface area contributed by atoms with Crippen molar-refractivity contribution in [1.29, 1.82) is 0 Å². The number of ether oxygens (including phenoxy) is 1. The number of alkyl halides is 3. The SMILES string of the molecule is Nc1ccc(-c2ncn(-c3ccc(OCC(F)(F)F)cc3)n2)cc1F. The molecule has 0 atom stereocenters. The van der Waals surface area contributed by atoms with Crippen molar-refractivity contribution >= 4 is 5.69 Å². The van der Waals surface area contributed by atoms with Crippen LogP contribution in [0, 0.1) is 5.82 Å². The van der Waals surface area contributed by atoms with Crippen molar-refractivity contribution in [2.45, 2.75) is 6.18 Å². The molecular formula is C16H12F4N4O. The molecule has 0 amide bonds. The highest BCUT2D eigenvalue weighted by atomic mass is 19.4. The minimum atomic E-state index is -4.40. The van der Waals surface area contributed by atoms with E-state index in [-0.39, 0.29) is 17.3 Å². The predicted octanol–water partition coefficient (Wildman–Crippen LogP) is 3.60. The maximum absolute atomic E-state index is 13.5. The molecule has 0 spiro atoms. The van der Waals surface area contributed by atoms with Gasteiger partial charge < -0.3 is 10.5 Å². The lowest BCUT2D eigenvalue weighted by molar-refractivity contribution is -0.153. The summed E-state index contributed by atoms with van der Waals surface area (Å²) in [5, 5.41) is 4.21. The number of anilines is 1. The van der Waals surface area contributed by atoms with Crippen LogP contribution in [0.25, 0.3) is 17.1 Å². The number of benzene rings is 2. The van der Waals surface area contributed by atoms with Crippen LogP contribution < -0.4 is 10.5 Å². The highest BCUT2D eigenvalue weighted by molar-refractivity contribution is 5.59. The summed E-state index contributed by atoms with van der Waals surface area (Å²) in [5.74, 6) is -0.196. The van der Waals surface area contributed by atoms with E-state index >= 15 is 0 Å². The molecule has 0 saturated carbocycles. The summed E-state index contributed by atoms with van der Waals surface area (Å²) in [4.78, 5) is 4.09. The number of hydrogen-bond acceptors (Lipinski definition) is 4. The molecule has 9 heteroatoms. The average molecular weight is 352 g/mol. The van der Waals surface area contributed by atoms with Gasteiger partial charge in [-0.1, -0.05) is 0 Å². The number of nitrogen functional groups attached to an aromatic ring is 1. The van der Waals surface area contributed by atoms with E-state index in [1.54, 1.807) is 6.07 Å². The molecule has 0 saturated heterocycles. The van der Waals surface area contributed by atoms with Crippen LogP contribution in [-0.2, 0) is 0 Å². The fourth-order valence-corrected chi connectivity index (χ4v) is 2.05. The molecule has 1 aromatic heterocycles. The molecule has 1 heterocycles. The normalized spacial score (nSPS) is 11.5. The first-order valence-electron chi connectivity index (χ1n) is 7.09. The van der Waals surface area contributed by atoms with E-state index < -0.39 is 18.6 Å². The second kappa shape index (κ2) is 6.42. The van der Waals surface area contributed by atoms with E-state index in [2.05, 4.69) is 14.8 Å². The van der Waals surface area contributed by atoms with Gasteiger partial charge in [-0.3, -0.25) is 0 Å². The first-order valence-corrected chi connectivity index (χ1v) is 7.09. The Morgan fingerprint density at radius 3 is 2.44 bits per heavy atom. The number of nitrogens with two attached hydrogens (primary N) is 1. The number of rotatable bonds is 4. The predicted molar refractivity (Wildman–Crippen MR) is 82.7 cm³/mol. The fraction of sp³-hybridized carbons (Fsp3) is 0.125. The van der Waals surface area contributed by atoms with Gasteiger partial charge in [0.2, 0.25) is 0 Å².